The zero-order valence-corrected chi connectivity index (χ0v) is 7.70. The summed E-state index contributed by atoms with van der Waals surface area (Å²) in [6.45, 7) is 2.14. The minimum absolute atomic E-state index is 0.854. The van der Waals surface area contributed by atoms with Crippen LogP contribution >= 0.6 is 0 Å². The van der Waals surface area contributed by atoms with Gasteiger partial charge in [-0.25, -0.2) is 4.99 Å². The number of aryl methyl sites for hydroxylation is 1. The predicted molar refractivity (Wildman–Crippen MR) is 53.5 cm³/mol. The molecule has 0 aliphatic carbocycles. The van der Waals surface area contributed by atoms with Gasteiger partial charge in [-0.3, -0.25) is 10.7 Å². The van der Waals surface area contributed by atoms with Gasteiger partial charge in [0.15, 0.2) is 0 Å². The highest BCUT2D eigenvalue weighted by molar-refractivity contribution is 5.59. The normalized spacial score (nSPS) is 10.6. The van der Waals surface area contributed by atoms with E-state index in [1.165, 1.54) is 11.9 Å². The van der Waals surface area contributed by atoms with Crippen molar-refractivity contribution in [2.75, 3.05) is 0 Å². The first kappa shape index (κ1) is 9.74. The monoisotopic (exact) mass is 178 g/mol. The lowest BCUT2D eigenvalue weighted by atomic mass is 10.1. The van der Waals surface area contributed by atoms with Crippen molar-refractivity contribution in [3.8, 4) is 0 Å². The highest BCUT2D eigenvalue weighted by Gasteiger charge is 1.92. The first-order valence-corrected chi connectivity index (χ1v) is 4.38. The maximum atomic E-state index is 8.30. The van der Waals surface area contributed by atoms with Crippen LogP contribution in [0.4, 0.5) is 5.69 Å². The third kappa shape index (κ3) is 3.25. The lowest BCUT2D eigenvalue weighted by molar-refractivity contribution is 0.240. The van der Waals surface area contributed by atoms with Crippen molar-refractivity contribution in [1.82, 2.24) is 5.48 Å². The number of hydrogen-bond donors (Lipinski definition) is 2. The molecule has 0 radical (unpaired) electrons. The van der Waals surface area contributed by atoms with Gasteiger partial charge in [0.2, 0.25) is 0 Å². The third-order valence-electron chi connectivity index (χ3n) is 1.72. The summed E-state index contributed by atoms with van der Waals surface area (Å²) in [5.41, 5.74) is 4.00. The van der Waals surface area contributed by atoms with Crippen LogP contribution < -0.4 is 5.48 Å². The summed E-state index contributed by atoms with van der Waals surface area (Å²) in [6, 6.07) is 7.95. The van der Waals surface area contributed by atoms with E-state index in [2.05, 4.69) is 18.0 Å². The van der Waals surface area contributed by atoms with Crippen molar-refractivity contribution < 1.29 is 5.21 Å². The molecule has 0 aliphatic rings. The molecular weight excluding hydrogens is 164 g/mol. The highest BCUT2D eigenvalue weighted by atomic mass is 16.5. The molecule has 0 bridgehead atoms. The second-order valence-electron chi connectivity index (χ2n) is 2.81. The van der Waals surface area contributed by atoms with Gasteiger partial charge in [-0.05, 0) is 24.1 Å². The van der Waals surface area contributed by atoms with Gasteiger partial charge in [-0.2, -0.15) is 0 Å². The smallest absolute Gasteiger partial charge is 0.113 e. The van der Waals surface area contributed by atoms with Crippen LogP contribution in [0.1, 0.15) is 18.9 Å². The number of rotatable bonds is 4. The van der Waals surface area contributed by atoms with Gasteiger partial charge in [0, 0.05) is 0 Å². The third-order valence-corrected chi connectivity index (χ3v) is 1.72. The molecule has 0 amide bonds. The SMILES string of the molecule is CCCc1cccc(N=CNO)c1. The van der Waals surface area contributed by atoms with Crippen LogP contribution in [0.3, 0.4) is 0 Å². The van der Waals surface area contributed by atoms with E-state index in [1.54, 1.807) is 0 Å². The maximum Gasteiger partial charge on any atom is 0.113 e. The highest BCUT2D eigenvalue weighted by Crippen LogP contribution is 2.14. The number of nitrogens with zero attached hydrogens (tertiary/aromatic N) is 1. The Kier molecular flexibility index (Phi) is 3.99. The Bertz CT molecular complexity index is 284. The molecule has 0 aromatic heterocycles. The first-order valence-electron chi connectivity index (χ1n) is 4.38. The molecule has 2 N–H and O–H groups in total. The van der Waals surface area contributed by atoms with Crippen LogP contribution in [0.2, 0.25) is 0 Å². The predicted octanol–water partition coefficient (Wildman–Crippen LogP) is 2.28. The van der Waals surface area contributed by atoms with Crippen molar-refractivity contribution in [2.24, 2.45) is 4.99 Å². The molecule has 1 aromatic carbocycles. The van der Waals surface area contributed by atoms with E-state index in [0.29, 0.717) is 0 Å². The molecule has 0 saturated heterocycles. The van der Waals surface area contributed by atoms with Crippen molar-refractivity contribution in [3.05, 3.63) is 29.8 Å². The van der Waals surface area contributed by atoms with E-state index < -0.39 is 0 Å². The Hall–Kier alpha value is -1.35. The van der Waals surface area contributed by atoms with Crippen LogP contribution in [-0.2, 0) is 6.42 Å². The molecule has 70 valence electrons. The van der Waals surface area contributed by atoms with E-state index >= 15 is 0 Å². The van der Waals surface area contributed by atoms with Crippen molar-refractivity contribution in [1.29, 1.82) is 0 Å². The molecular formula is C10H14N2O. The largest absolute Gasteiger partial charge is 0.290 e. The number of benzene rings is 1. The molecule has 0 fully saturated rings. The fourth-order valence-corrected chi connectivity index (χ4v) is 1.18. The van der Waals surface area contributed by atoms with Crippen LogP contribution in [0.5, 0.6) is 0 Å². The summed E-state index contributed by atoms with van der Waals surface area (Å²) in [5.74, 6) is 0. The molecule has 1 rings (SSSR count). The molecule has 0 unspecified atom stereocenters. The van der Waals surface area contributed by atoms with Crippen molar-refractivity contribution >= 4 is 12.0 Å². The molecule has 0 aliphatic heterocycles. The molecule has 0 saturated carbocycles. The molecule has 0 spiro atoms. The summed E-state index contributed by atoms with van der Waals surface area (Å²) < 4.78 is 0. The summed E-state index contributed by atoms with van der Waals surface area (Å²) in [4.78, 5) is 3.98. The number of hydrogen-bond acceptors (Lipinski definition) is 2. The second-order valence-corrected chi connectivity index (χ2v) is 2.81. The Balaban J connectivity index is 2.73. The van der Waals surface area contributed by atoms with E-state index in [1.807, 2.05) is 23.7 Å². The zero-order valence-electron chi connectivity index (χ0n) is 7.70. The summed E-state index contributed by atoms with van der Waals surface area (Å²) >= 11 is 0. The number of nitrogens with one attached hydrogen (secondary N) is 1. The molecule has 0 atom stereocenters. The quantitative estimate of drug-likeness (QED) is 0.422. The fourth-order valence-electron chi connectivity index (χ4n) is 1.18. The minimum atomic E-state index is 0.854. The van der Waals surface area contributed by atoms with Gasteiger partial charge in [0.05, 0.1) is 5.69 Å². The number of hydroxylamine groups is 1. The standard InChI is InChI=1S/C10H14N2O/c1-2-4-9-5-3-6-10(7-9)11-8-12-13/h3,5-8,13H,2,4H2,1H3,(H,11,12). The van der Waals surface area contributed by atoms with E-state index in [4.69, 9.17) is 5.21 Å². The average molecular weight is 178 g/mol. The van der Waals surface area contributed by atoms with E-state index in [-0.39, 0.29) is 0 Å². The summed E-state index contributed by atoms with van der Waals surface area (Å²) in [5, 5.41) is 8.30. The Morgan fingerprint density at radius 1 is 1.54 bits per heavy atom. The lowest BCUT2D eigenvalue weighted by Crippen LogP contribution is -2.00. The van der Waals surface area contributed by atoms with Crippen LogP contribution in [0.25, 0.3) is 0 Å². The first-order chi connectivity index (χ1) is 6.36. The molecule has 3 heteroatoms. The molecule has 1 aromatic rings. The summed E-state index contributed by atoms with van der Waals surface area (Å²) in [7, 11) is 0. The van der Waals surface area contributed by atoms with Crippen LogP contribution in [0.15, 0.2) is 29.3 Å². The van der Waals surface area contributed by atoms with Gasteiger partial charge >= 0.3 is 0 Å². The second kappa shape index (κ2) is 5.32. The van der Waals surface area contributed by atoms with Gasteiger partial charge < -0.3 is 0 Å². The number of aliphatic imine (C=N–C) groups is 1. The lowest BCUT2D eigenvalue weighted by Gasteiger charge is -1.99. The van der Waals surface area contributed by atoms with Crippen LogP contribution in [0, 0.1) is 0 Å². The van der Waals surface area contributed by atoms with E-state index in [0.717, 1.165) is 18.5 Å². The Labute approximate surface area is 78.1 Å². The zero-order chi connectivity index (χ0) is 9.52. The summed E-state index contributed by atoms with van der Waals surface area (Å²) in [6.07, 6.45) is 3.45. The van der Waals surface area contributed by atoms with E-state index in [9.17, 15) is 0 Å². The minimum Gasteiger partial charge on any atom is -0.290 e. The molecule has 0 heterocycles. The molecule has 13 heavy (non-hydrogen) atoms. The average Bonchev–Trinajstić information content (AvgIpc) is 2.16. The van der Waals surface area contributed by atoms with Crippen LogP contribution in [-0.4, -0.2) is 11.5 Å². The van der Waals surface area contributed by atoms with Crippen molar-refractivity contribution in [2.45, 2.75) is 19.8 Å². The topological polar surface area (TPSA) is 44.6 Å². The molecule has 3 nitrogen and oxygen atoms in total. The van der Waals surface area contributed by atoms with Gasteiger partial charge in [-0.15, -0.1) is 0 Å². The van der Waals surface area contributed by atoms with Gasteiger partial charge in [-0.1, -0.05) is 25.5 Å². The fraction of sp³-hybridized carbons (Fsp3) is 0.300. The maximum absolute atomic E-state index is 8.30. The van der Waals surface area contributed by atoms with Crippen molar-refractivity contribution in [3.63, 3.8) is 0 Å². The van der Waals surface area contributed by atoms with Gasteiger partial charge in [0.1, 0.15) is 6.34 Å². The van der Waals surface area contributed by atoms with Gasteiger partial charge in [0.25, 0.3) is 0 Å². The Morgan fingerprint density at radius 3 is 3.08 bits per heavy atom. The Morgan fingerprint density at radius 2 is 2.38 bits per heavy atom.